The molecule has 198 valence electrons. The maximum absolute atomic E-state index is 15.5. The van der Waals surface area contributed by atoms with Crippen molar-refractivity contribution in [2.24, 2.45) is 11.8 Å². The van der Waals surface area contributed by atoms with Crippen molar-refractivity contribution in [3.8, 4) is 5.75 Å². The SMILES string of the molecule is COc1ccc2nccc(C(F)CC[C@@H]3CCN(CCSc4c(F)cccc4F)C[C@@H]3CC(=O)O)c2c1. The van der Waals surface area contributed by atoms with E-state index in [-0.39, 0.29) is 23.2 Å². The van der Waals surface area contributed by atoms with Crippen LogP contribution in [-0.2, 0) is 4.79 Å². The first kappa shape index (κ1) is 27.3. The normalized spacial score (nSPS) is 19.1. The van der Waals surface area contributed by atoms with Gasteiger partial charge in [-0.3, -0.25) is 9.78 Å². The number of carbonyl (C=O) groups is 1. The number of fused-ring (bicyclic) bond motifs is 1. The zero-order chi connectivity index (χ0) is 26.4. The highest BCUT2D eigenvalue weighted by molar-refractivity contribution is 7.99. The molecule has 37 heavy (non-hydrogen) atoms. The zero-order valence-electron chi connectivity index (χ0n) is 20.7. The van der Waals surface area contributed by atoms with E-state index in [1.165, 1.54) is 18.2 Å². The van der Waals surface area contributed by atoms with Crippen LogP contribution in [0.3, 0.4) is 0 Å². The fourth-order valence-corrected chi connectivity index (χ4v) is 6.12. The number of nitrogens with zero attached hydrogens (tertiary/aromatic N) is 2. The van der Waals surface area contributed by atoms with Gasteiger partial charge in [0, 0.05) is 36.8 Å². The molecule has 1 aliphatic heterocycles. The molecule has 0 amide bonds. The molecule has 2 heterocycles. The van der Waals surface area contributed by atoms with E-state index in [4.69, 9.17) is 4.74 Å². The third kappa shape index (κ3) is 6.96. The Morgan fingerprint density at radius 2 is 2.00 bits per heavy atom. The minimum absolute atomic E-state index is 0.00900. The van der Waals surface area contributed by atoms with E-state index < -0.39 is 23.8 Å². The third-order valence-corrected chi connectivity index (χ3v) is 8.16. The molecule has 4 rings (SSSR count). The van der Waals surface area contributed by atoms with Crippen LogP contribution in [0.15, 0.2) is 53.6 Å². The number of ether oxygens (including phenoxy) is 1. The summed E-state index contributed by atoms with van der Waals surface area (Å²) in [7, 11) is 1.57. The number of alkyl halides is 1. The Labute approximate surface area is 219 Å². The standard InChI is InChI=1S/C28H31F3N2O3S/c1-36-20-6-8-26-22(16-20)21(9-11-32-26)23(29)7-5-18-10-12-33(17-19(18)15-27(34)35)13-14-37-28-24(30)3-2-4-25(28)31/h2-4,6,8-9,11,16,18-19,23H,5,7,10,12-15,17H2,1H3,(H,34,35)/t18-,19+,23?/m1/s1. The van der Waals surface area contributed by atoms with Gasteiger partial charge in [0.15, 0.2) is 0 Å². The Morgan fingerprint density at radius 1 is 1.22 bits per heavy atom. The summed E-state index contributed by atoms with van der Waals surface area (Å²) < 4.78 is 48.5. The molecule has 9 heteroatoms. The van der Waals surface area contributed by atoms with Crippen molar-refractivity contribution >= 4 is 28.6 Å². The number of aromatic nitrogens is 1. The van der Waals surface area contributed by atoms with Crippen LogP contribution < -0.4 is 4.74 Å². The predicted molar refractivity (Wildman–Crippen MR) is 139 cm³/mol. The van der Waals surface area contributed by atoms with Gasteiger partial charge >= 0.3 is 5.97 Å². The minimum atomic E-state index is -1.20. The van der Waals surface area contributed by atoms with Gasteiger partial charge in [0.1, 0.15) is 23.6 Å². The predicted octanol–water partition coefficient (Wildman–Crippen LogP) is 6.52. The number of pyridine rings is 1. The fourth-order valence-electron chi connectivity index (χ4n) is 5.15. The van der Waals surface area contributed by atoms with Crippen LogP contribution in [0.1, 0.15) is 37.4 Å². The lowest BCUT2D eigenvalue weighted by molar-refractivity contribution is -0.139. The van der Waals surface area contributed by atoms with E-state index in [0.717, 1.165) is 30.1 Å². The summed E-state index contributed by atoms with van der Waals surface area (Å²) in [5.41, 5.74) is 1.26. The quantitative estimate of drug-likeness (QED) is 0.284. The highest BCUT2D eigenvalue weighted by Crippen LogP contribution is 2.36. The second kappa shape index (κ2) is 12.6. The van der Waals surface area contributed by atoms with Crippen molar-refractivity contribution in [1.82, 2.24) is 9.88 Å². The first-order chi connectivity index (χ1) is 17.9. The van der Waals surface area contributed by atoms with E-state index in [1.807, 2.05) is 6.07 Å². The molecule has 1 unspecified atom stereocenters. The van der Waals surface area contributed by atoms with Gasteiger partial charge in [-0.25, -0.2) is 13.2 Å². The van der Waals surface area contributed by atoms with E-state index >= 15 is 4.39 Å². The second-order valence-electron chi connectivity index (χ2n) is 9.43. The van der Waals surface area contributed by atoms with Crippen LogP contribution in [0.25, 0.3) is 10.9 Å². The lowest BCUT2D eigenvalue weighted by atomic mass is 9.79. The Kier molecular flexibility index (Phi) is 9.32. The smallest absolute Gasteiger partial charge is 0.303 e. The fraction of sp³-hybridized carbons (Fsp3) is 0.429. The average Bonchev–Trinajstić information content (AvgIpc) is 2.88. The van der Waals surface area contributed by atoms with Gasteiger partial charge in [-0.2, -0.15) is 0 Å². The minimum Gasteiger partial charge on any atom is -0.497 e. The van der Waals surface area contributed by atoms with E-state index in [0.29, 0.717) is 48.5 Å². The molecule has 1 fully saturated rings. The molecule has 1 aliphatic rings. The van der Waals surface area contributed by atoms with Gasteiger partial charge < -0.3 is 14.7 Å². The van der Waals surface area contributed by atoms with Crippen molar-refractivity contribution in [3.63, 3.8) is 0 Å². The second-order valence-corrected chi connectivity index (χ2v) is 10.5. The number of rotatable bonds is 11. The van der Waals surface area contributed by atoms with Gasteiger partial charge in [0.2, 0.25) is 0 Å². The topological polar surface area (TPSA) is 62.7 Å². The number of hydrogen-bond acceptors (Lipinski definition) is 5. The zero-order valence-corrected chi connectivity index (χ0v) is 21.5. The molecule has 0 bridgehead atoms. The van der Waals surface area contributed by atoms with Gasteiger partial charge in [-0.15, -0.1) is 11.8 Å². The van der Waals surface area contributed by atoms with Crippen molar-refractivity contribution in [2.45, 2.75) is 36.8 Å². The molecule has 1 aromatic heterocycles. The van der Waals surface area contributed by atoms with Crippen molar-refractivity contribution < 1.29 is 27.8 Å². The third-order valence-electron chi connectivity index (χ3n) is 7.10. The number of carboxylic acid groups (broad SMARTS) is 1. The summed E-state index contributed by atoms with van der Waals surface area (Å²) in [6.45, 7) is 1.91. The van der Waals surface area contributed by atoms with Crippen molar-refractivity contribution in [3.05, 3.63) is 65.9 Å². The van der Waals surface area contributed by atoms with Gasteiger partial charge in [0.25, 0.3) is 0 Å². The van der Waals surface area contributed by atoms with Crippen molar-refractivity contribution in [2.75, 3.05) is 32.5 Å². The number of methoxy groups -OCH3 is 1. The van der Waals surface area contributed by atoms with E-state index in [2.05, 4.69) is 9.88 Å². The number of likely N-dealkylation sites (tertiary alicyclic amines) is 1. The maximum atomic E-state index is 15.5. The molecule has 3 atom stereocenters. The number of halogens is 3. The molecule has 2 aromatic carbocycles. The molecule has 5 nitrogen and oxygen atoms in total. The number of hydrogen-bond donors (Lipinski definition) is 1. The largest absolute Gasteiger partial charge is 0.497 e. The molecule has 0 aliphatic carbocycles. The summed E-state index contributed by atoms with van der Waals surface area (Å²) in [5.74, 6) is -0.912. The number of piperidine rings is 1. The van der Waals surface area contributed by atoms with Crippen molar-refractivity contribution in [1.29, 1.82) is 0 Å². The summed E-state index contributed by atoms with van der Waals surface area (Å²) >= 11 is 1.13. The summed E-state index contributed by atoms with van der Waals surface area (Å²) in [6.07, 6.45) is 2.05. The van der Waals surface area contributed by atoms with Crippen LogP contribution >= 0.6 is 11.8 Å². The monoisotopic (exact) mass is 532 g/mol. The van der Waals surface area contributed by atoms with Crippen LogP contribution in [0, 0.1) is 23.5 Å². The van der Waals surface area contributed by atoms with E-state index in [9.17, 15) is 18.7 Å². The highest BCUT2D eigenvalue weighted by atomic mass is 32.2. The maximum Gasteiger partial charge on any atom is 0.303 e. The lowest BCUT2D eigenvalue weighted by Gasteiger charge is -2.38. The van der Waals surface area contributed by atoms with E-state index in [1.54, 1.807) is 31.5 Å². The molecule has 3 aromatic rings. The number of thioether (sulfide) groups is 1. The van der Waals surface area contributed by atoms with Gasteiger partial charge in [-0.1, -0.05) is 6.07 Å². The number of benzene rings is 2. The molecule has 1 saturated heterocycles. The molecule has 1 N–H and O–H groups in total. The Balaban J connectivity index is 1.35. The molecule has 0 saturated carbocycles. The van der Waals surface area contributed by atoms with Gasteiger partial charge in [-0.05, 0) is 79.6 Å². The van der Waals surface area contributed by atoms with Crippen LogP contribution in [-0.4, -0.2) is 53.5 Å². The summed E-state index contributed by atoms with van der Waals surface area (Å²) in [5, 5.41) is 10.2. The Bertz CT molecular complexity index is 1210. The average molecular weight is 533 g/mol. The molecule has 0 spiro atoms. The Morgan fingerprint density at radius 3 is 2.73 bits per heavy atom. The van der Waals surface area contributed by atoms with Crippen LogP contribution in [0.4, 0.5) is 13.2 Å². The molecular formula is C28H31F3N2O3S. The lowest BCUT2D eigenvalue weighted by Crippen LogP contribution is -2.42. The summed E-state index contributed by atoms with van der Waals surface area (Å²) in [6, 6.07) is 10.9. The molecular weight excluding hydrogens is 501 g/mol. The highest BCUT2D eigenvalue weighted by Gasteiger charge is 2.31. The van der Waals surface area contributed by atoms with Crippen LogP contribution in [0.5, 0.6) is 5.75 Å². The summed E-state index contributed by atoms with van der Waals surface area (Å²) in [4.78, 5) is 18.0. The van der Waals surface area contributed by atoms with Crippen LogP contribution in [0.2, 0.25) is 0 Å². The Hall–Kier alpha value is -2.78. The number of aliphatic carboxylic acids is 1. The first-order valence-corrected chi connectivity index (χ1v) is 13.4. The van der Waals surface area contributed by atoms with Gasteiger partial charge in [0.05, 0.1) is 17.5 Å². The number of carboxylic acids is 1. The first-order valence-electron chi connectivity index (χ1n) is 12.4. The molecule has 0 radical (unpaired) electrons.